The van der Waals surface area contributed by atoms with Crippen LogP contribution in [0.4, 0.5) is 0 Å². The van der Waals surface area contributed by atoms with Crippen molar-refractivity contribution < 1.29 is 0 Å². The minimum atomic E-state index is 1.41. The van der Waals surface area contributed by atoms with Crippen molar-refractivity contribution in [3.05, 3.63) is 223 Å². The lowest BCUT2D eigenvalue weighted by molar-refractivity contribution is 0.994. The Hall–Kier alpha value is -8.80. The molecule has 0 amide bonds. The van der Waals surface area contributed by atoms with Crippen LogP contribution < -0.4 is 0 Å². The van der Waals surface area contributed by atoms with Crippen molar-refractivity contribution in [2.75, 3.05) is 0 Å². The summed E-state index contributed by atoms with van der Waals surface area (Å²) in [5.41, 5.74) is 71.4. The van der Waals surface area contributed by atoms with Crippen molar-refractivity contribution in [2.45, 2.75) is 277 Å². The van der Waals surface area contributed by atoms with Gasteiger partial charge >= 0.3 is 0 Å². The molecular formula is C105H135N5. The van der Waals surface area contributed by atoms with Crippen molar-refractivity contribution in [3.8, 4) is 0 Å². The molecule has 0 saturated carbocycles. The summed E-state index contributed by atoms with van der Waals surface area (Å²) in [6.45, 7) is 90.7. The molecule has 5 heteroatoms. The van der Waals surface area contributed by atoms with Crippen LogP contribution in [0.2, 0.25) is 0 Å². The molecule has 0 bridgehead atoms. The van der Waals surface area contributed by atoms with Gasteiger partial charge in [0.15, 0.2) is 0 Å². The van der Waals surface area contributed by atoms with Crippen LogP contribution in [0.15, 0.2) is 0 Å². The molecule has 0 N–H and O–H groups in total. The van der Waals surface area contributed by atoms with Crippen molar-refractivity contribution in [1.29, 1.82) is 0 Å². The molecule has 0 spiro atoms. The fraction of sp³-hybridized carbons (Fsp3) is 0.429. The fourth-order valence-corrected chi connectivity index (χ4v) is 20.7. The molecule has 0 unspecified atom stereocenters. The molecular weight excluding hydrogens is 1330 g/mol. The second-order valence-corrected chi connectivity index (χ2v) is 35.0. The van der Waals surface area contributed by atoms with Gasteiger partial charge in [-0.15, -0.1) is 0 Å². The first-order valence-electron chi connectivity index (χ1n) is 40.7. The van der Waals surface area contributed by atoms with Gasteiger partial charge in [-0.25, -0.2) is 0 Å². The fourth-order valence-electron chi connectivity index (χ4n) is 20.7. The van der Waals surface area contributed by atoms with E-state index in [1.165, 1.54) is 332 Å². The molecule has 0 atom stereocenters. The number of aryl methyl sites for hydroxylation is 25. The Morgan fingerprint density at radius 1 is 0.0818 bits per heavy atom. The Bertz CT molecular complexity index is 5300. The van der Waals surface area contributed by atoms with Gasteiger partial charge in [-0.3, -0.25) is 0 Å². The normalized spacial score (nSPS) is 11.9. The lowest BCUT2D eigenvalue weighted by atomic mass is 9.90. The molecule has 0 aliphatic rings. The van der Waals surface area contributed by atoms with E-state index in [-0.39, 0.29) is 0 Å². The van der Waals surface area contributed by atoms with Gasteiger partial charge in [0.2, 0.25) is 0 Å². The first kappa shape index (κ1) is 82.2. The minimum absolute atomic E-state index is 1.41. The third-order valence-electron chi connectivity index (χ3n) is 31.1. The summed E-state index contributed by atoms with van der Waals surface area (Å²) in [4.78, 5) is 0. The zero-order chi connectivity index (χ0) is 82.5. The molecule has 0 fully saturated rings. The van der Waals surface area contributed by atoms with Crippen LogP contribution >= 0.6 is 0 Å². The topological polar surface area (TPSA) is 24.6 Å². The van der Waals surface area contributed by atoms with Crippen molar-refractivity contribution in [1.82, 2.24) is 22.8 Å². The summed E-state index contributed by atoms with van der Waals surface area (Å²) in [5, 5.41) is 14.6. The Kier molecular flexibility index (Phi) is 21.2. The maximum Gasteiger partial charge on any atom is 0.0524 e. The van der Waals surface area contributed by atoms with Gasteiger partial charge < -0.3 is 22.8 Å². The van der Waals surface area contributed by atoms with Crippen LogP contribution in [0, 0.1) is 277 Å². The summed E-state index contributed by atoms with van der Waals surface area (Å²) in [7, 11) is 11.1. The maximum atomic E-state index is 2.42. The van der Waals surface area contributed by atoms with Gasteiger partial charge in [0.1, 0.15) is 0 Å². The smallest absolute Gasteiger partial charge is 0.0524 e. The molecule has 15 aromatic rings. The minimum Gasteiger partial charge on any atom is -0.343 e. The van der Waals surface area contributed by atoms with Gasteiger partial charge in [-0.05, 0) is 499 Å². The van der Waals surface area contributed by atoms with Crippen LogP contribution in [0.5, 0.6) is 0 Å². The van der Waals surface area contributed by atoms with Crippen molar-refractivity contribution in [3.63, 3.8) is 0 Å². The van der Waals surface area contributed by atoms with E-state index in [1.807, 2.05) is 0 Å². The molecule has 5 nitrogen and oxygen atoms in total. The third kappa shape index (κ3) is 11.3. The van der Waals surface area contributed by atoms with Gasteiger partial charge in [0.05, 0.1) is 55.2 Å². The number of benzene rings is 10. The van der Waals surface area contributed by atoms with Gasteiger partial charge in [-0.1, -0.05) is 0 Å². The molecule has 5 aromatic heterocycles. The van der Waals surface area contributed by atoms with E-state index in [1.54, 1.807) is 0 Å². The Morgan fingerprint density at radius 3 is 0.200 bits per heavy atom. The number of rotatable bonds is 0. The predicted molar refractivity (Wildman–Crippen MR) is 492 cm³/mol. The van der Waals surface area contributed by atoms with Gasteiger partial charge in [0, 0.05) is 89.1 Å². The van der Waals surface area contributed by atoms with Gasteiger partial charge in [-0.2, -0.15) is 0 Å². The molecule has 110 heavy (non-hydrogen) atoms. The van der Waals surface area contributed by atoms with E-state index in [4.69, 9.17) is 0 Å². The monoisotopic (exact) mass is 1470 g/mol. The molecule has 15 rings (SSSR count). The SMILES string of the molecule is Cc1c(C)c(C)c2c(c1C)c1c(C)c(C)c(C)c(C)c1n2C.Cc1c(C)c(C)c2c(c1C)c1c(C)c(C)c(C)c(C)c1n2C.Cc1c(C)c(C)c2c(c1C)c1c(C)c(C)c(C)c(C)c1n2C.Cc1c(C)c(C)c2c(c1C)c1c(C)c(C)c(C)c(C)c1n2C.Cc1c(C)c(C)c2c(c1C)c1c(C)c(C)c(C)c(C)c1n2C. The number of fused-ring (bicyclic) bond motifs is 15. The first-order chi connectivity index (χ1) is 51.0. The highest BCUT2D eigenvalue weighted by atomic mass is 15.0. The van der Waals surface area contributed by atoms with E-state index in [0.717, 1.165) is 0 Å². The highest BCUT2D eigenvalue weighted by Crippen LogP contribution is 2.48. The Balaban J connectivity index is 0.000000136. The van der Waals surface area contributed by atoms with Crippen LogP contribution in [0.3, 0.4) is 0 Å². The molecule has 0 radical (unpaired) electrons. The van der Waals surface area contributed by atoms with E-state index in [0.29, 0.717) is 0 Å². The van der Waals surface area contributed by atoms with Crippen molar-refractivity contribution >= 4 is 109 Å². The number of hydrogen-bond acceptors (Lipinski definition) is 0. The standard InChI is InChI=1S/5C21H27N/c5*1-10-12(3)16(7)20-18(14(10)5)19-15(6)11(2)13(4)17(8)21(19)22(20)9/h5*1-9H3. The van der Waals surface area contributed by atoms with E-state index < -0.39 is 0 Å². The summed E-state index contributed by atoms with van der Waals surface area (Å²) in [6.07, 6.45) is 0. The van der Waals surface area contributed by atoms with E-state index in [2.05, 4.69) is 335 Å². The van der Waals surface area contributed by atoms with E-state index >= 15 is 0 Å². The van der Waals surface area contributed by atoms with Crippen LogP contribution in [-0.4, -0.2) is 22.8 Å². The summed E-state index contributed by atoms with van der Waals surface area (Å²) >= 11 is 0. The number of nitrogens with zero attached hydrogens (tertiary/aromatic N) is 5. The number of hydrogen-bond donors (Lipinski definition) is 0. The molecule has 10 aromatic carbocycles. The van der Waals surface area contributed by atoms with Crippen LogP contribution in [0.25, 0.3) is 109 Å². The number of aromatic nitrogens is 5. The summed E-state index contributed by atoms with van der Waals surface area (Å²) in [6, 6.07) is 0. The zero-order valence-electron chi connectivity index (χ0n) is 77.2. The zero-order valence-corrected chi connectivity index (χ0v) is 77.2. The Labute approximate surface area is 662 Å². The highest BCUT2D eigenvalue weighted by Gasteiger charge is 2.28. The van der Waals surface area contributed by atoms with Gasteiger partial charge in [0.25, 0.3) is 0 Å². The van der Waals surface area contributed by atoms with Crippen molar-refractivity contribution in [2.24, 2.45) is 35.2 Å². The average molecular weight is 1470 g/mol. The maximum absolute atomic E-state index is 2.42. The Morgan fingerprint density at radius 2 is 0.136 bits per heavy atom. The molecule has 0 aliphatic heterocycles. The second-order valence-electron chi connectivity index (χ2n) is 35.0. The van der Waals surface area contributed by atoms with Crippen LogP contribution in [-0.2, 0) is 35.2 Å². The van der Waals surface area contributed by atoms with E-state index in [9.17, 15) is 0 Å². The lowest BCUT2D eigenvalue weighted by Gasteiger charge is -2.13. The van der Waals surface area contributed by atoms with Crippen LogP contribution in [0.1, 0.15) is 223 Å². The summed E-state index contributed by atoms with van der Waals surface area (Å²) in [5.74, 6) is 0. The largest absolute Gasteiger partial charge is 0.343 e. The molecule has 580 valence electrons. The highest BCUT2D eigenvalue weighted by molar-refractivity contribution is 6.19. The average Bonchev–Trinajstić information content (AvgIpc) is 1.59. The molecule has 0 saturated heterocycles. The predicted octanol–water partition coefficient (Wildman–Crippen LogP) is 29.0. The quantitative estimate of drug-likeness (QED) is 0.145. The second kappa shape index (κ2) is 28.4. The molecule has 5 heterocycles. The summed E-state index contributed by atoms with van der Waals surface area (Å²) < 4.78 is 12.1. The first-order valence-corrected chi connectivity index (χ1v) is 40.7. The molecule has 0 aliphatic carbocycles. The lowest BCUT2D eigenvalue weighted by Crippen LogP contribution is -1.97. The third-order valence-corrected chi connectivity index (χ3v) is 31.1.